The van der Waals surface area contributed by atoms with Crippen molar-refractivity contribution >= 4 is 37.7 Å². The number of hydrogen-bond donors (Lipinski definition) is 1. The van der Waals surface area contributed by atoms with Gasteiger partial charge in [-0.15, -0.1) is 0 Å². The van der Waals surface area contributed by atoms with Gasteiger partial charge in [-0.2, -0.15) is 0 Å². The van der Waals surface area contributed by atoms with Crippen LogP contribution in [0.25, 0.3) is 32.9 Å². The normalized spacial score (nSPS) is 13.8. The second kappa shape index (κ2) is 6.94. The van der Waals surface area contributed by atoms with Crippen LogP contribution in [0.15, 0.2) is 120 Å². The van der Waals surface area contributed by atoms with Crippen molar-refractivity contribution in [2.24, 2.45) is 0 Å². The highest BCUT2D eigenvalue weighted by atomic mass is 79.9. The van der Waals surface area contributed by atoms with Crippen molar-refractivity contribution in [2.75, 3.05) is 0 Å². The molecule has 6 aromatic rings. The molecule has 0 amide bonds. The number of H-pyrrole nitrogens is 1. The lowest BCUT2D eigenvalue weighted by atomic mass is 9.67. The predicted octanol–water partition coefficient (Wildman–Crippen LogP) is 8.45. The van der Waals surface area contributed by atoms with Gasteiger partial charge in [-0.3, -0.25) is 0 Å². The van der Waals surface area contributed by atoms with Gasteiger partial charge < -0.3 is 4.98 Å². The average Bonchev–Trinajstić information content (AvgIpc) is 3.37. The third-order valence-corrected chi connectivity index (χ3v) is 7.65. The van der Waals surface area contributed by atoms with Gasteiger partial charge in [0.1, 0.15) is 0 Å². The van der Waals surface area contributed by atoms with E-state index >= 15 is 0 Å². The summed E-state index contributed by atoms with van der Waals surface area (Å²) in [6.45, 7) is 0. The number of rotatable bonds is 2. The van der Waals surface area contributed by atoms with Crippen molar-refractivity contribution in [3.05, 3.63) is 142 Å². The third kappa shape index (κ3) is 2.53. The van der Waals surface area contributed by atoms with E-state index in [4.69, 9.17) is 0 Å². The average molecular weight is 486 g/mol. The number of nitrogens with one attached hydrogen (secondary N) is 1. The van der Waals surface area contributed by atoms with E-state index in [9.17, 15) is 0 Å². The quantitative estimate of drug-likeness (QED) is 0.252. The summed E-state index contributed by atoms with van der Waals surface area (Å²) in [5.41, 5.74) is 9.87. The minimum atomic E-state index is -0.360. The summed E-state index contributed by atoms with van der Waals surface area (Å²) in [5.74, 6) is 0. The number of aromatic nitrogens is 1. The van der Waals surface area contributed by atoms with Crippen molar-refractivity contribution in [1.29, 1.82) is 0 Å². The smallest absolute Gasteiger partial charge is 0.0713 e. The van der Waals surface area contributed by atoms with Gasteiger partial charge in [-0.1, -0.05) is 107 Å². The van der Waals surface area contributed by atoms with Crippen LogP contribution in [-0.2, 0) is 5.41 Å². The molecule has 1 N–H and O–H groups in total. The molecule has 0 fully saturated rings. The van der Waals surface area contributed by atoms with E-state index in [1.807, 2.05) is 0 Å². The van der Waals surface area contributed by atoms with Crippen LogP contribution in [0.4, 0.5) is 0 Å². The van der Waals surface area contributed by atoms with Gasteiger partial charge >= 0.3 is 0 Å². The monoisotopic (exact) mass is 485 g/mol. The highest BCUT2D eigenvalue weighted by Gasteiger charge is 2.45. The summed E-state index contributed by atoms with van der Waals surface area (Å²) in [6, 6.07) is 42.2. The van der Waals surface area contributed by atoms with Gasteiger partial charge in [0.15, 0.2) is 0 Å². The molecule has 1 heterocycles. The number of benzene rings is 5. The first-order valence-corrected chi connectivity index (χ1v) is 12.0. The van der Waals surface area contributed by atoms with Crippen molar-refractivity contribution in [3.8, 4) is 11.1 Å². The van der Waals surface area contributed by atoms with Gasteiger partial charge in [0.2, 0.25) is 0 Å². The molecule has 5 aromatic carbocycles. The van der Waals surface area contributed by atoms with Crippen LogP contribution < -0.4 is 0 Å². The van der Waals surface area contributed by atoms with Crippen LogP contribution in [0, 0.1) is 0 Å². The summed E-state index contributed by atoms with van der Waals surface area (Å²) in [7, 11) is 0. The number of fused-ring (bicyclic) bond motifs is 6. The molecular formula is C31H20BrN. The van der Waals surface area contributed by atoms with E-state index in [0.717, 1.165) is 15.5 Å². The van der Waals surface area contributed by atoms with Crippen molar-refractivity contribution < 1.29 is 0 Å². The molecule has 1 aliphatic carbocycles. The summed E-state index contributed by atoms with van der Waals surface area (Å²) >= 11 is 3.61. The molecule has 1 aromatic heterocycles. The molecule has 0 radical (unpaired) electrons. The number of hydrogen-bond acceptors (Lipinski definition) is 0. The minimum Gasteiger partial charge on any atom is -0.354 e. The highest BCUT2D eigenvalue weighted by molar-refractivity contribution is 9.10. The Hall–Kier alpha value is -3.62. The first-order chi connectivity index (χ1) is 16.3. The van der Waals surface area contributed by atoms with Crippen LogP contribution in [0.5, 0.6) is 0 Å². The van der Waals surface area contributed by atoms with Crippen molar-refractivity contribution in [3.63, 3.8) is 0 Å². The first-order valence-electron chi connectivity index (χ1n) is 11.2. The van der Waals surface area contributed by atoms with Crippen LogP contribution in [-0.4, -0.2) is 4.98 Å². The standard InChI is InChI=1S/C31H20BrN/c32-22-15-16-25-26-18-21(14-17-29(26)33-30(25)19-22)31(20-8-2-1-3-9-20)27-12-6-4-10-23(27)24-11-5-7-13-28(24)31/h1-19,33H. The molecule has 0 aliphatic heterocycles. The molecule has 0 bridgehead atoms. The van der Waals surface area contributed by atoms with Gasteiger partial charge in [-0.25, -0.2) is 0 Å². The fourth-order valence-electron chi connectivity index (χ4n) is 5.82. The molecule has 0 spiro atoms. The molecule has 0 saturated carbocycles. The van der Waals surface area contributed by atoms with Crippen molar-refractivity contribution in [1.82, 2.24) is 4.98 Å². The Bertz CT molecular complexity index is 1630. The van der Waals surface area contributed by atoms with E-state index in [0.29, 0.717) is 0 Å². The maximum atomic E-state index is 3.61. The fourth-order valence-corrected chi connectivity index (χ4v) is 6.18. The first kappa shape index (κ1) is 18.9. The van der Waals surface area contributed by atoms with Gasteiger partial charge in [0.25, 0.3) is 0 Å². The van der Waals surface area contributed by atoms with Crippen LogP contribution in [0.2, 0.25) is 0 Å². The minimum absolute atomic E-state index is 0.360. The maximum absolute atomic E-state index is 3.61. The van der Waals surface area contributed by atoms with E-state index in [2.05, 4.69) is 136 Å². The predicted molar refractivity (Wildman–Crippen MR) is 141 cm³/mol. The van der Waals surface area contributed by atoms with Gasteiger partial charge in [0.05, 0.1) is 5.41 Å². The van der Waals surface area contributed by atoms with Crippen LogP contribution in [0.1, 0.15) is 22.3 Å². The summed E-state index contributed by atoms with van der Waals surface area (Å²) in [5, 5.41) is 2.50. The summed E-state index contributed by atoms with van der Waals surface area (Å²) in [4.78, 5) is 3.60. The molecule has 156 valence electrons. The Morgan fingerprint density at radius 3 is 1.91 bits per heavy atom. The molecule has 1 aliphatic rings. The second-order valence-electron chi connectivity index (χ2n) is 8.78. The largest absolute Gasteiger partial charge is 0.354 e. The lowest BCUT2D eigenvalue weighted by molar-refractivity contribution is 0.770. The molecule has 0 saturated heterocycles. The Labute approximate surface area is 200 Å². The Morgan fingerprint density at radius 2 is 1.18 bits per heavy atom. The van der Waals surface area contributed by atoms with E-state index in [1.165, 1.54) is 44.2 Å². The summed E-state index contributed by atoms with van der Waals surface area (Å²) < 4.78 is 1.08. The fraction of sp³-hybridized carbons (Fsp3) is 0.0323. The maximum Gasteiger partial charge on any atom is 0.0713 e. The Kier molecular flexibility index (Phi) is 3.97. The SMILES string of the molecule is Brc1ccc2c(c1)[nH]c1ccc(C3(c4ccccc4)c4ccccc4-c4ccccc43)cc12. The molecular weight excluding hydrogens is 466 g/mol. The molecule has 1 nitrogen and oxygen atoms in total. The zero-order valence-electron chi connectivity index (χ0n) is 17.8. The lowest BCUT2D eigenvalue weighted by Crippen LogP contribution is -2.28. The van der Waals surface area contributed by atoms with E-state index in [1.54, 1.807) is 0 Å². The van der Waals surface area contributed by atoms with Crippen LogP contribution in [0.3, 0.4) is 0 Å². The van der Waals surface area contributed by atoms with E-state index < -0.39 is 0 Å². The van der Waals surface area contributed by atoms with Gasteiger partial charge in [-0.05, 0) is 57.6 Å². The molecule has 2 heteroatoms. The second-order valence-corrected chi connectivity index (χ2v) is 9.70. The van der Waals surface area contributed by atoms with Gasteiger partial charge in [0, 0.05) is 26.3 Å². The van der Waals surface area contributed by atoms with E-state index in [-0.39, 0.29) is 5.41 Å². The zero-order chi connectivity index (χ0) is 22.0. The molecule has 0 atom stereocenters. The third-order valence-electron chi connectivity index (χ3n) is 7.15. The zero-order valence-corrected chi connectivity index (χ0v) is 19.4. The Morgan fingerprint density at radius 1 is 0.515 bits per heavy atom. The number of aromatic amines is 1. The lowest BCUT2D eigenvalue weighted by Gasteiger charge is -2.34. The highest BCUT2D eigenvalue weighted by Crippen LogP contribution is 2.56. The number of halogens is 1. The summed E-state index contributed by atoms with van der Waals surface area (Å²) in [6.07, 6.45) is 0. The molecule has 0 unspecified atom stereocenters. The molecule has 7 rings (SSSR count). The molecule has 33 heavy (non-hydrogen) atoms. The topological polar surface area (TPSA) is 15.8 Å². The Balaban J connectivity index is 1.63. The van der Waals surface area contributed by atoms with Crippen LogP contribution >= 0.6 is 15.9 Å². The van der Waals surface area contributed by atoms with Crippen molar-refractivity contribution in [2.45, 2.75) is 5.41 Å².